The van der Waals surface area contributed by atoms with Crippen molar-refractivity contribution in [3.8, 4) is 0 Å². The third-order valence-electron chi connectivity index (χ3n) is 3.84. The number of aryl methyl sites for hydroxylation is 1. The van der Waals surface area contributed by atoms with Crippen molar-refractivity contribution in [2.75, 3.05) is 13.1 Å². The highest BCUT2D eigenvalue weighted by molar-refractivity contribution is 7.19. The lowest BCUT2D eigenvalue weighted by Crippen LogP contribution is -2.26. The summed E-state index contributed by atoms with van der Waals surface area (Å²) >= 11 is 1.77. The van der Waals surface area contributed by atoms with Crippen molar-refractivity contribution in [2.24, 2.45) is 0 Å². The number of thiophene rings is 1. The van der Waals surface area contributed by atoms with Crippen LogP contribution < -0.4 is 5.32 Å². The molecular formula is C15H18FNS. The molecule has 0 bridgehead atoms. The van der Waals surface area contributed by atoms with E-state index in [1.165, 1.54) is 28.7 Å². The maximum Gasteiger partial charge on any atom is 0.124 e. The van der Waals surface area contributed by atoms with Crippen LogP contribution in [0, 0.1) is 5.82 Å². The fourth-order valence-electron chi connectivity index (χ4n) is 2.96. The first-order chi connectivity index (χ1) is 8.79. The maximum atomic E-state index is 13.3. The highest BCUT2D eigenvalue weighted by Gasteiger charge is 2.22. The Bertz CT molecular complexity index is 555. The predicted octanol–water partition coefficient (Wildman–Crippen LogP) is 4.07. The second kappa shape index (κ2) is 4.98. The lowest BCUT2D eigenvalue weighted by molar-refractivity contribution is 0.461. The molecule has 0 unspecified atom stereocenters. The number of hydrogen-bond acceptors (Lipinski definition) is 2. The number of hydrogen-bond donors (Lipinski definition) is 1. The molecule has 0 amide bonds. The molecule has 3 heteroatoms. The minimum atomic E-state index is -0.122. The molecule has 0 saturated carbocycles. The molecule has 1 nitrogen and oxygen atoms in total. The Hall–Kier alpha value is -0.930. The average molecular weight is 263 g/mol. The molecule has 3 rings (SSSR count). The third-order valence-corrected chi connectivity index (χ3v) is 5.15. The Morgan fingerprint density at radius 1 is 1.33 bits per heavy atom. The van der Waals surface area contributed by atoms with Crippen molar-refractivity contribution < 1.29 is 4.39 Å². The maximum absolute atomic E-state index is 13.3. The van der Waals surface area contributed by atoms with E-state index in [1.807, 2.05) is 6.07 Å². The highest BCUT2D eigenvalue weighted by Crippen LogP contribution is 2.40. The van der Waals surface area contributed by atoms with Gasteiger partial charge in [0.2, 0.25) is 0 Å². The van der Waals surface area contributed by atoms with Crippen molar-refractivity contribution in [1.29, 1.82) is 0 Å². The van der Waals surface area contributed by atoms with E-state index in [9.17, 15) is 4.39 Å². The first-order valence-electron chi connectivity index (χ1n) is 6.71. The van der Waals surface area contributed by atoms with E-state index in [2.05, 4.69) is 12.2 Å². The summed E-state index contributed by atoms with van der Waals surface area (Å²) in [5.41, 5.74) is 1.50. The number of halogens is 1. The van der Waals surface area contributed by atoms with Gasteiger partial charge in [0.25, 0.3) is 0 Å². The standard InChI is InChI=1S/C15H18FNS/c1-2-13-15(10-5-7-17-8-6-10)12-4-3-11(16)9-14(12)18-13/h3-4,9-10,17H,2,5-8H2,1H3. The summed E-state index contributed by atoms with van der Waals surface area (Å²) in [5.74, 6) is 0.531. The van der Waals surface area contributed by atoms with Gasteiger partial charge in [0.15, 0.2) is 0 Å². The Kier molecular flexibility index (Phi) is 3.35. The van der Waals surface area contributed by atoms with Crippen LogP contribution in [0.15, 0.2) is 18.2 Å². The fraction of sp³-hybridized carbons (Fsp3) is 0.467. The van der Waals surface area contributed by atoms with Gasteiger partial charge in [-0.15, -0.1) is 11.3 Å². The molecule has 2 aromatic rings. The van der Waals surface area contributed by atoms with Crippen LogP contribution in [0.25, 0.3) is 10.1 Å². The van der Waals surface area contributed by atoms with E-state index in [-0.39, 0.29) is 5.82 Å². The predicted molar refractivity (Wildman–Crippen MR) is 76.0 cm³/mol. The zero-order valence-corrected chi connectivity index (χ0v) is 11.4. The molecule has 1 aromatic heterocycles. The summed E-state index contributed by atoms with van der Waals surface area (Å²) in [6.45, 7) is 4.41. The molecule has 18 heavy (non-hydrogen) atoms. The number of fused-ring (bicyclic) bond motifs is 1. The second-order valence-corrected chi connectivity index (χ2v) is 6.09. The van der Waals surface area contributed by atoms with Crippen LogP contribution in [0.1, 0.15) is 36.1 Å². The van der Waals surface area contributed by atoms with Crippen LogP contribution in [0.4, 0.5) is 4.39 Å². The number of piperidine rings is 1. The number of nitrogens with one attached hydrogen (secondary N) is 1. The molecule has 96 valence electrons. The van der Waals surface area contributed by atoms with Gasteiger partial charge in [-0.3, -0.25) is 0 Å². The molecule has 0 radical (unpaired) electrons. The Balaban J connectivity index is 2.12. The molecular weight excluding hydrogens is 245 g/mol. The van der Waals surface area contributed by atoms with Gasteiger partial charge >= 0.3 is 0 Å². The molecule has 1 aliphatic rings. The van der Waals surface area contributed by atoms with E-state index < -0.39 is 0 Å². The van der Waals surface area contributed by atoms with Gasteiger partial charge in [0.05, 0.1) is 0 Å². The Morgan fingerprint density at radius 3 is 2.83 bits per heavy atom. The molecule has 2 heterocycles. The Labute approximate surface area is 111 Å². The molecule has 0 aliphatic carbocycles. The van der Waals surface area contributed by atoms with Crippen molar-refractivity contribution in [3.05, 3.63) is 34.5 Å². The monoisotopic (exact) mass is 263 g/mol. The van der Waals surface area contributed by atoms with Crippen LogP contribution in [0.3, 0.4) is 0 Å². The first-order valence-corrected chi connectivity index (χ1v) is 7.52. The van der Waals surface area contributed by atoms with Gasteiger partial charge in [-0.2, -0.15) is 0 Å². The van der Waals surface area contributed by atoms with Crippen molar-refractivity contribution >= 4 is 21.4 Å². The van der Waals surface area contributed by atoms with Gasteiger partial charge in [0, 0.05) is 9.58 Å². The van der Waals surface area contributed by atoms with Crippen molar-refractivity contribution in [1.82, 2.24) is 5.32 Å². The van der Waals surface area contributed by atoms with E-state index in [1.54, 1.807) is 23.5 Å². The van der Waals surface area contributed by atoms with Crippen LogP contribution in [0.5, 0.6) is 0 Å². The molecule has 1 N–H and O–H groups in total. The number of benzene rings is 1. The lowest BCUT2D eigenvalue weighted by Gasteiger charge is -2.23. The molecule has 1 fully saturated rings. The normalized spacial score (nSPS) is 17.4. The summed E-state index contributed by atoms with van der Waals surface area (Å²) in [6, 6.07) is 5.25. The first kappa shape index (κ1) is 12.1. The van der Waals surface area contributed by atoms with Gasteiger partial charge in [-0.1, -0.05) is 13.0 Å². The van der Waals surface area contributed by atoms with Gasteiger partial charge < -0.3 is 5.32 Å². The van der Waals surface area contributed by atoms with E-state index >= 15 is 0 Å². The largest absolute Gasteiger partial charge is 0.317 e. The fourth-order valence-corrected chi connectivity index (χ4v) is 4.22. The Morgan fingerprint density at radius 2 is 2.11 bits per heavy atom. The second-order valence-electron chi connectivity index (χ2n) is 4.96. The summed E-state index contributed by atoms with van der Waals surface area (Å²) in [6.07, 6.45) is 3.46. The van der Waals surface area contributed by atoms with Gasteiger partial charge in [0.1, 0.15) is 5.82 Å². The van der Waals surface area contributed by atoms with Crippen LogP contribution >= 0.6 is 11.3 Å². The topological polar surface area (TPSA) is 12.0 Å². The number of rotatable bonds is 2. The molecule has 1 aromatic carbocycles. The summed E-state index contributed by atoms with van der Waals surface area (Å²) in [4.78, 5) is 1.45. The summed E-state index contributed by atoms with van der Waals surface area (Å²) in [5, 5.41) is 4.70. The third kappa shape index (κ3) is 2.06. The van der Waals surface area contributed by atoms with Crippen LogP contribution in [-0.4, -0.2) is 13.1 Å². The minimum absolute atomic E-state index is 0.122. The van der Waals surface area contributed by atoms with Crippen LogP contribution in [0.2, 0.25) is 0 Å². The van der Waals surface area contributed by atoms with Crippen LogP contribution in [-0.2, 0) is 6.42 Å². The highest BCUT2D eigenvalue weighted by atomic mass is 32.1. The van der Waals surface area contributed by atoms with E-state index in [4.69, 9.17) is 0 Å². The SMILES string of the molecule is CCc1sc2cc(F)ccc2c1C1CCNCC1. The molecule has 1 aliphatic heterocycles. The van der Waals surface area contributed by atoms with E-state index in [0.29, 0.717) is 5.92 Å². The summed E-state index contributed by atoms with van der Waals surface area (Å²) in [7, 11) is 0. The zero-order chi connectivity index (χ0) is 12.5. The van der Waals surface area contributed by atoms with E-state index in [0.717, 1.165) is 24.2 Å². The van der Waals surface area contributed by atoms with Gasteiger partial charge in [-0.05, 0) is 61.4 Å². The van der Waals surface area contributed by atoms with Gasteiger partial charge in [-0.25, -0.2) is 4.39 Å². The minimum Gasteiger partial charge on any atom is -0.317 e. The lowest BCUT2D eigenvalue weighted by atomic mass is 9.88. The van der Waals surface area contributed by atoms with Crippen molar-refractivity contribution in [2.45, 2.75) is 32.1 Å². The summed E-state index contributed by atoms with van der Waals surface area (Å²) < 4.78 is 14.4. The molecule has 0 atom stereocenters. The quantitative estimate of drug-likeness (QED) is 0.861. The van der Waals surface area contributed by atoms with Crippen molar-refractivity contribution in [3.63, 3.8) is 0 Å². The molecule has 0 spiro atoms. The zero-order valence-electron chi connectivity index (χ0n) is 10.6. The smallest absolute Gasteiger partial charge is 0.124 e. The molecule has 1 saturated heterocycles. The average Bonchev–Trinajstić information content (AvgIpc) is 2.77.